The number of fused-ring (bicyclic) bond motifs is 1. The van der Waals surface area contributed by atoms with E-state index in [4.69, 9.17) is 0 Å². The highest BCUT2D eigenvalue weighted by Gasteiger charge is 2.09. The smallest absolute Gasteiger partial charge is 0.336 e. The van der Waals surface area contributed by atoms with Crippen molar-refractivity contribution >= 4 is 45.5 Å². The van der Waals surface area contributed by atoms with Crippen LogP contribution in [0.3, 0.4) is 0 Å². The highest BCUT2D eigenvalue weighted by molar-refractivity contribution is 9.10. The van der Waals surface area contributed by atoms with Gasteiger partial charge in [0, 0.05) is 33.0 Å². The molecule has 2 aromatic carbocycles. The summed E-state index contributed by atoms with van der Waals surface area (Å²) in [7, 11) is 2.02. The Balaban J connectivity index is 1.91. The minimum absolute atomic E-state index is 0.321. The van der Waals surface area contributed by atoms with E-state index >= 15 is 0 Å². The quantitative estimate of drug-likeness (QED) is 0.732. The van der Waals surface area contributed by atoms with Crippen LogP contribution in [0.1, 0.15) is 15.9 Å². The second kappa shape index (κ2) is 7.11. The van der Waals surface area contributed by atoms with Crippen LogP contribution in [0.25, 0.3) is 23.6 Å². The summed E-state index contributed by atoms with van der Waals surface area (Å²) in [5.74, 6) is -0.914. The van der Waals surface area contributed by atoms with Crippen LogP contribution >= 0.6 is 15.9 Å². The Morgan fingerprint density at radius 1 is 1.28 bits per heavy atom. The molecule has 1 aromatic heterocycles. The lowest BCUT2D eigenvalue weighted by Crippen LogP contribution is -2.25. The molecule has 3 aromatic rings. The van der Waals surface area contributed by atoms with Crippen molar-refractivity contribution in [3.63, 3.8) is 0 Å². The van der Waals surface area contributed by atoms with E-state index in [0.29, 0.717) is 12.0 Å². The van der Waals surface area contributed by atoms with E-state index in [1.165, 1.54) is 0 Å². The van der Waals surface area contributed by atoms with Crippen molar-refractivity contribution in [2.45, 2.75) is 6.42 Å². The Morgan fingerprint density at radius 3 is 2.76 bits per heavy atom. The van der Waals surface area contributed by atoms with E-state index in [2.05, 4.69) is 39.2 Å². The molecular weight excluding hydrogens is 378 g/mol. The molecule has 0 bridgehead atoms. The van der Waals surface area contributed by atoms with Gasteiger partial charge in [0.2, 0.25) is 0 Å². The van der Waals surface area contributed by atoms with Crippen LogP contribution in [-0.2, 0) is 13.5 Å². The number of hydrogen-bond donors (Lipinski definition) is 1. The van der Waals surface area contributed by atoms with E-state index in [-0.39, 0.29) is 0 Å². The summed E-state index contributed by atoms with van der Waals surface area (Å²) in [5, 5.41) is 12.5. The van der Waals surface area contributed by atoms with E-state index in [1.807, 2.05) is 49.5 Å². The number of carboxylic acids is 1. The Hall–Kier alpha value is -2.59. The van der Waals surface area contributed by atoms with Gasteiger partial charge in [-0.1, -0.05) is 58.9 Å². The molecule has 25 heavy (non-hydrogen) atoms. The minimum atomic E-state index is -0.914. The number of aromatic nitrogens is 1. The molecule has 0 saturated carbocycles. The molecule has 1 heterocycles. The topological polar surface area (TPSA) is 42.2 Å². The lowest BCUT2D eigenvalue weighted by atomic mass is 10.0. The Bertz CT molecular complexity index is 1090. The first-order chi connectivity index (χ1) is 12.0. The zero-order valence-electron chi connectivity index (χ0n) is 13.9. The first-order valence-electron chi connectivity index (χ1n) is 7.90. The van der Waals surface area contributed by atoms with Crippen LogP contribution in [0.4, 0.5) is 0 Å². The largest absolute Gasteiger partial charge is 0.478 e. The highest BCUT2D eigenvalue weighted by Crippen LogP contribution is 2.17. The van der Waals surface area contributed by atoms with Gasteiger partial charge in [0.15, 0.2) is 0 Å². The van der Waals surface area contributed by atoms with Crippen LogP contribution in [0.2, 0.25) is 0 Å². The summed E-state index contributed by atoms with van der Waals surface area (Å²) in [6, 6.07) is 13.5. The number of hydrogen-bond acceptors (Lipinski definition) is 1. The van der Waals surface area contributed by atoms with Crippen molar-refractivity contribution in [1.29, 1.82) is 0 Å². The normalized spacial score (nSPS) is 12.3. The lowest BCUT2D eigenvalue weighted by molar-refractivity contribution is 0.0696. The molecule has 0 fully saturated rings. The van der Waals surface area contributed by atoms with E-state index in [0.717, 1.165) is 31.5 Å². The van der Waals surface area contributed by atoms with Gasteiger partial charge in [-0.25, -0.2) is 4.79 Å². The Morgan fingerprint density at radius 2 is 2.04 bits per heavy atom. The molecule has 1 N–H and O–H groups in total. The molecule has 0 spiro atoms. The second-order valence-corrected chi connectivity index (χ2v) is 6.76. The number of benzene rings is 2. The number of nitrogens with zero attached hydrogens (tertiary/aromatic N) is 1. The van der Waals surface area contributed by atoms with Crippen molar-refractivity contribution in [2.24, 2.45) is 7.05 Å². The van der Waals surface area contributed by atoms with Gasteiger partial charge in [-0.15, -0.1) is 0 Å². The monoisotopic (exact) mass is 395 g/mol. The SMILES string of the molecule is C=c1/c(=C\C=C/Cc2ccc(Br)cc2C(=O)O)n(C)c2ccccc12. The van der Waals surface area contributed by atoms with Crippen molar-refractivity contribution < 1.29 is 9.90 Å². The molecule has 0 aliphatic heterocycles. The number of aromatic carboxylic acids is 1. The maximum atomic E-state index is 11.4. The van der Waals surface area contributed by atoms with Gasteiger partial charge in [-0.2, -0.15) is 0 Å². The number of aryl methyl sites for hydroxylation is 1. The molecule has 0 atom stereocenters. The molecule has 3 rings (SSSR count). The third-order valence-electron chi connectivity index (χ3n) is 4.29. The molecule has 126 valence electrons. The predicted molar refractivity (Wildman–Crippen MR) is 106 cm³/mol. The van der Waals surface area contributed by atoms with Crippen molar-refractivity contribution in [3.8, 4) is 0 Å². The van der Waals surface area contributed by atoms with Crippen molar-refractivity contribution in [2.75, 3.05) is 0 Å². The maximum Gasteiger partial charge on any atom is 0.336 e. The minimum Gasteiger partial charge on any atom is -0.478 e. The van der Waals surface area contributed by atoms with E-state index in [9.17, 15) is 9.90 Å². The van der Waals surface area contributed by atoms with Gasteiger partial charge < -0.3 is 9.67 Å². The van der Waals surface area contributed by atoms with Crippen LogP contribution in [0.15, 0.2) is 59.1 Å². The number of carbonyl (C=O) groups is 1. The van der Waals surface area contributed by atoms with Gasteiger partial charge in [-0.3, -0.25) is 0 Å². The molecule has 0 radical (unpaired) electrons. The zero-order chi connectivity index (χ0) is 18.0. The number of para-hydroxylation sites is 1. The summed E-state index contributed by atoms with van der Waals surface area (Å²) < 4.78 is 2.88. The first-order valence-corrected chi connectivity index (χ1v) is 8.69. The maximum absolute atomic E-state index is 11.4. The van der Waals surface area contributed by atoms with Gasteiger partial charge in [0.05, 0.1) is 5.56 Å². The van der Waals surface area contributed by atoms with Gasteiger partial charge in [0.25, 0.3) is 0 Å². The van der Waals surface area contributed by atoms with Crippen molar-refractivity contribution in [3.05, 3.63) is 80.8 Å². The number of halogens is 1. The van der Waals surface area contributed by atoms with Gasteiger partial charge in [-0.05, 0) is 36.3 Å². The van der Waals surface area contributed by atoms with Gasteiger partial charge >= 0.3 is 5.97 Å². The first kappa shape index (κ1) is 17.2. The summed E-state index contributed by atoms with van der Waals surface area (Å²) in [5.41, 5.74) is 2.25. The lowest BCUT2D eigenvalue weighted by Gasteiger charge is -2.03. The van der Waals surface area contributed by atoms with Crippen molar-refractivity contribution in [1.82, 2.24) is 4.57 Å². The molecule has 0 aliphatic rings. The average molecular weight is 396 g/mol. The standard InChI is InChI=1S/C21H18BrNO2/c1-14-17-8-4-6-10-20(17)23(2)19(14)9-5-3-7-15-11-12-16(22)13-18(15)21(24)25/h3-6,8-13H,1,7H2,2H3,(H,24,25)/b5-3-,19-9+. The fourth-order valence-electron chi connectivity index (χ4n) is 2.98. The average Bonchev–Trinajstić information content (AvgIpc) is 2.84. The van der Waals surface area contributed by atoms with E-state index in [1.54, 1.807) is 6.07 Å². The number of carboxylic acid groups (broad SMARTS) is 1. The third-order valence-corrected chi connectivity index (χ3v) is 4.78. The molecule has 0 unspecified atom stereocenters. The second-order valence-electron chi connectivity index (χ2n) is 5.85. The van der Waals surface area contributed by atoms with E-state index < -0.39 is 5.97 Å². The Labute approximate surface area is 154 Å². The van der Waals surface area contributed by atoms with Crippen LogP contribution in [0, 0.1) is 0 Å². The summed E-state index contributed by atoms with van der Waals surface area (Å²) in [6.45, 7) is 4.18. The summed E-state index contributed by atoms with van der Waals surface area (Å²) >= 11 is 3.31. The number of allylic oxidation sites excluding steroid dienone is 2. The molecular formula is C21H18BrNO2. The molecule has 4 heteroatoms. The predicted octanol–water partition coefficient (Wildman–Crippen LogP) is 3.63. The molecule has 0 saturated heterocycles. The zero-order valence-corrected chi connectivity index (χ0v) is 15.5. The molecule has 3 nitrogen and oxygen atoms in total. The highest BCUT2D eigenvalue weighted by atomic mass is 79.9. The van der Waals surface area contributed by atoms with Crippen LogP contribution in [0.5, 0.6) is 0 Å². The summed E-state index contributed by atoms with van der Waals surface area (Å²) in [4.78, 5) is 11.4. The van der Waals surface area contributed by atoms with Crippen LogP contribution in [-0.4, -0.2) is 15.6 Å². The fraction of sp³-hybridized carbons (Fsp3) is 0.0952. The summed E-state index contributed by atoms with van der Waals surface area (Å²) in [6.07, 6.45) is 6.49. The number of rotatable bonds is 4. The fourth-order valence-corrected chi connectivity index (χ4v) is 3.34. The van der Waals surface area contributed by atoms with Gasteiger partial charge in [0.1, 0.15) is 0 Å². The molecule has 0 aliphatic carbocycles. The third kappa shape index (κ3) is 3.44. The Kier molecular flexibility index (Phi) is 4.91. The van der Waals surface area contributed by atoms with Crippen LogP contribution < -0.4 is 10.6 Å². The molecule has 0 amide bonds.